The number of carbonyl (C=O) groups is 1. The maximum atomic E-state index is 11.8. The van der Waals surface area contributed by atoms with Crippen LogP contribution in [0.25, 0.3) is 0 Å². The van der Waals surface area contributed by atoms with Crippen molar-refractivity contribution in [3.63, 3.8) is 0 Å². The number of amides is 1. The van der Waals surface area contributed by atoms with Crippen molar-refractivity contribution < 1.29 is 4.79 Å². The summed E-state index contributed by atoms with van der Waals surface area (Å²) < 4.78 is 0. The second-order valence-corrected chi connectivity index (χ2v) is 5.08. The van der Waals surface area contributed by atoms with Crippen LogP contribution < -0.4 is 0 Å². The molecule has 17 heavy (non-hydrogen) atoms. The Balaban J connectivity index is 2.49. The van der Waals surface area contributed by atoms with Crippen molar-refractivity contribution in [3.8, 4) is 0 Å². The molecule has 0 saturated carbocycles. The molecule has 0 radical (unpaired) electrons. The van der Waals surface area contributed by atoms with Gasteiger partial charge in [-0.25, -0.2) is 0 Å². The second-order valence-electron chi connectivity index (χ2n) is 4.20. The van der Waals surface area contributed by atoms with Gasteiger partial charge in [-0.2, -0.15) is 0 Å². The first-order valence-corrected chi connectivity index (χ1v) is 7.26. The lowest BCUT2D eigenvalue weighted by Crippen LogP contribution is -2.25. The smallest absolute Gasteiger partial charge is 0.222 e. The average Bonchev–Trinajstić information content (AvgIpc) is 2.36. The molecule has 94 valence electrons. The number of hydrogen-bond donors (Lipinski definition) is 0. The number of rotatable bonds is 6. The summed E-state index contributed by atoms with van der Waals surface area (Å²) in [5.74, 6) is 0.237. The predicted octanol–water partition coefficient (Wildman–Crippen LogP) is 3.56. The van der Waals surface area contributed by atoms with Crippen LogP contribution in [0.1, 0.15) is 31.7 Å². The zero-order valence-electron chi connectivity index (χ0n) is 10.9. The third-order valence-corrected chi connectivity index (χ3v) is 3.49. The van der Waals surface area contributed by atoms with Crippen LogP contribution in [0, 0.1) is 0 Å². The molecule has 0 saturated heterocycles. The maximum Gasteiger partial charge on any atom is 0.222 e. The van der Waals surface area contributed by atoms with Crippen LogP contribution in [-0.2, 0) is 11.3 Å². The first-order valence-electron chi connectivity index (χ1n) is 6.04. The van der Waals surface area contributed by atoms with Crippen molar-refractivity contribution in [1.29, 1.82) is 0 Å². The minimum Gasteiger partial charge on any atom is -0.341 e. The molecule has 1 aromatic rings. The molecule has 1 aromatic carbocycles. The first-order chi connectivity index (χ1) is 8.17. The van der Waals surface area contributed by atoms with Gasteiger partial charge in [0.1, 0.15) is 0 Å². The molecular weight excluding hydrogens is 230 g/mol. The van der Waals surface area contributed by atoms with Gasteiger partial charge < -0.3 is 4.90 Å². The van der Waals surface area contributed by atoms with Gasteiger partial charge in [0.15, 0.2) is 0 Å². The minimum absolute atomic E-state index is 0.237. The Hall–Kier alpha value is -0.960. The van der Waals surface area contributed by atoms with Gasteiger partial charge in [-0.15, -0.1) is 11.8 Å². The van der Waals surface area contributed by atoms with E-state index in [1.54, 1.807) is 11.8 Å². The summed E-state index contributed by atoms with van der Waals surface area (Å²) in [5, 5.41) is 0. The number of nitrogens with zero attached hydrogens (tertiary/aromatic N) is 1. The zero-order chi connectivity index (χ0) is 12.7. The Morgan fingerprint density at radius 1 is 1.29 bits per heavy atom. The molecule has 0 aliphatic rings. The fourth-order valence-corrected chi connectivity index (χ4v) is 2.02. The van der Waals surface area contributed by atoms with E-state index in [1.165, 1.54) is 10.5 Å². The molecule has 0 aromatic heterocycles. The van der Waals surface area contributed by atoms with Crippen molar-refractivity contribution in [2.45, 2.75) is 37.6 Å². The number of unbranched alkanes of at least 4 members (excludes halogenated alkanes) is 1. The number of thioether (sulfide) groups is 1. The summed E-state index contributed by atoms with van der Waals surface area (Å²) in [6.45, 7) is 2.81. The van der Waals surface area contributed by atoms with Crippen LogP contribution in [-0.4, -0.2) is 24.1 Å². The normalized spacial score (nSPS) is 10.3. The van der Waals surface area contributed by atoms with E-state index in [0.717, 1.165) is 12.8 Å². The lowest BCUT2D eigenvalue weighted by molar-refractivity contribution is -0.130. The van der Waals surface area contributed by atoms with Gasteiger partial charge in [0.2, 0.25) is 5.91 Å². The summed E-state index contributed by atoms with van der Waals surface area (Å²) in [6, 6.07) is 8.39. The molecule has 0 bridgehead atoms. The molecule has 3 heteroatoms. The predicted molar refractivity (Wildman–Crippen MR) is 74.2 cm³/mol. The van der Waals surface area contributed by atoms with Crippen LogP contribution in [0.4, 0.5) is 0 Å². The Labute approximate surface area is 108 Å². The van der Waals surface area contributed by atoms with Gasteiger partial charge >= 0.3 is 0 Å². The average molecular weight is 251 g/mol. The van der Waals surface area contributed by atoms with Crippen molar-refractivity contribution in [2.24, 2.45) is 0 Å². The van der Waals surface area contributed by atoms with Crippen LogP contribution in [0.15, 0.2) is 29.2 Å². The molecule has 0 spiro atoms. The molecule has 0 N–H and O–H groups in total. The Morgan fingerprint density at radius 3 is 2.47 bits per heavy atom. The molecule has 1 amide bonds. The largest absolute Gasteiger partial charge is 0.341 e. The molecule has 0 fully saturated rings. The Kier molecular flexibility index (Phi) is 6.12. The lowest BCUT2D eigenvalue weighted by Gasteiger charge is -2.17. The highest BCUT2D eigenvalue weighted by atomic mass is 32.2. The van der Waals surface area contributed by atoms with Crippen molar-refractivity contribution >= 4 is 17.7 Å². The highest BCUT2D eigenvalue weighted by Gasteiger charge is 2.08. The van der Waals surface area contributed by atoms with E-state index in [1.807, 2.05) is 11.9 Å². The SMILES string of the molecule is CCCCC(=O)N(C)Cc1ccc(SC)cc1. The van der Waals surface area contributed by atoms with Gasteiger partial charge in [0, 0.05) is 24.9 Å². The highest BCUT2D eigenvalue weighted by molar-refractivity contribution is 7.98. The molecule has 0 heterocycles. The van der Waals surface area contributed by atoms with Crippen LogP contribution in [0.5, 0.6) is 0 Å². The quantitative estimate of drug-likeness (QED) is 0.721. The van der Waals surface area contributed by atoms with Gasteiger partial charge in [-0.3, -0.25) is 4.79 Å². The zero-order valence-corrected chi connectivity index (χ0v) is 11.7. The van der Waals surface area contributed by atoms with E-state index in [-0.39, 0.29) is 5.91 Å². The van der Waals surface area contributed by atoms with Crippen LogP contribution >= 0.6 is 11.8 Å². The maximum absolute atomic E-state index is 11.8. The topological polar surface area (TPSA) is 20.3 Å². The number of benzene rings is 1. The van der Waals surface area contributed by atoms with Gasteiger partial charge in [0.25, 0.3) is 0 Å². The summed E-state index contributed by atoms with van der Waals surface area (Å²) in [7, 11) is 1.88. The number of hydrogen-bond acceptors (Lipinski definition) is 2. The molecule has 0 unspecified atom stereocenters. The van der Waals surface area contributed by atoms with Crippen molar-refractivity contribution in [1.82, 2.24) is 4.90 Å². The molecule has 1 rings (SSSR count). The van der Waals surface area contributed by atoms with E-state index in [0.29, 0.717) is 13.0 Å². The van der Waals surface area contributed by atoms with Crippen molar-refractivity contribution in [3.05, 3.63) is 29.8 Å². The van der Waals surface area contributed by atoms with E-state index < -0.39 is 0 Å². The molecule has 0 aliphatic heterocycles. The van der Waals surface area contributed by atoms with E-state index in [2.05, 4.69) is 37.4 Å². The first kappa shape index (κ1) is 14.1. The molecule has 0 aliphatic carbocycles. The summed E-state index contributed by atoms with van der Waals surface area (Å²) >= 11 is 1.73. The van der Waals surface area contributed by atoms with Gasteiger partial charge in [0.05, 0.1) is 0 Å². The van der Waals surface area contributed by atoms with Gasteiger partial charge in [-0.1, -0.05) is 25.5 Å². The van der Waals surface area contributed by atoms with Crippen LogP contribution in [0.3, 0.4) is 0 Å². The highest BCUT2D eigenvalue weighted by Crippen LogP contribution is 2.15. The second kappa shape index (κ2) is 7.38. The number of carbonyl (C=O) groups excluding carboxylic acids is 1. The summed E-state index contributed by atoms with van der Waals surface area (Å²) in [4.78, 5) is 14.8. The molecule has 2 nitrogen and oxygen atoms in total. The molecule has 0 atom stereocenters. The third-order valence-electron chi connectivity index (χ3n) is 2.75. The molecular formula is C14H21NOS. The van der Waals surface area contributed by atoms with E-state index >= 15 is 0 Å². The Morgan fingerprint density at radius 2 is 1.94 bits per heavy atom. The Bertz CT molecular complexity index is 348. The fraction of sp³-hybridized carbons (Fsp3) is 0.500. The van der Waals surface area contributed by atoms with Crippen LogP contribution in [0.2, 0.25) is 0 Å². The monoisotopic (exact) mass is 251 g/mol. The van der Waals surface area contributed by atoms with E-state index in [9.17, 15) is 4.79 Å². The fourth-order valence-electron chi connectivity index (χ4n) is 1.61. The van der Waals surface area contributed by atoms with E-state index in [4.69, 9.17) is 0 Å². The standard InChI is InChI=1S/C14H21NOS/c1-4-5-6-14(16)15(2)11-12-7-9-13(17-3)10-8-12/h7-10H,4-6,11H2,1-3H3. The van der Waals surface area contributed by atoms with Gasteiger partial charge in [-0.05, 0) is 30.4 Å². The minimum atomic E-state index is 0.237. The third kappa shape index (κ3) is 4.82. The lowest BCUT2D eigenvalue weighted by atomic mass is 10.2. The van der Waals surface area contributed by atoms with Crippen molar-refractivity contribution in [2.75, 3.05) is 13.3 Å². The summed E-state index contributed by atoms with van der Waals surface area (Å²) in [6.07, 6.45) is 4.78. The summed E-state index contributed by atoms with van der Waals surface area (Å²) in [5.41, 5.74) is 1.19.